The monoisotopic (exact) mass is 420 g/mol. The van der Waals surface area contributed by atoms with Gasteiger partial charge in [-0.15, -0.1) is 0 Å². The fraction of sp³-hybridized carbons (Fsp3) is 1.00. The van der Waals surface area contributed by atoms with Crippen LogP contribution in [-0.4, -0.2) is 47.1 Å². The summed E-state index contributed by atoms with van der Waals surface area (Å²) in [5, 5.41) is 0. The SMILES string of the molecule is CCC1(C2C(C)C(C)(C)C(C)(C)C(C)(C)N2C)N(C)C(C)C(C)(C)C(C)(C)C1(C)C. The lowest BCUT2D eigenvalue weighted by Gasteiger charge is -2.77. The zero-order chi connectivity index (χ0) is 24.1. The number of hydrogen-bond donors (Lipinski definition) is 0. The lowest BCUT2D eigenvalue weighted by molar-refractivity contribution is -0.277. The van der Waals surface area contributed by atoms with Crippen molar-refractivity contribution in [1.82, 2.24) is 9.80 Å². The Morgan fingerprint density at radius 3 is 1.43 bits per heavy atom. The van der Waals surface area contributed by atoms with Crippen molar-refractivity contribution >= 4 is 0 Å². The molecule has 0 aromatic heterocycles. The molecular formula is C28H56N2. The smallest absolute Gasteiger partial charge is 0.0421 e. The minimum Gasteiger partial charge on any atom is -0.296 e. The average Bonchev–Trinajstić information content (AvgIpc) is 2.61. The van der Waals surface area contributed by atoms with Crippen LogP contribution in [0.4, 0.5) is 0 Å². The zero-order valence-corrected chi connectivity index (χ0v) is 23.8. The lowest BCUT2D eigenvalue weighted by atomic mass is 9.39. The Balaban J connectivity index is 2.90. The van der Waals surface area contributed by atoms with Crippen molar-refractivity contribution in [2.24, 2.45) is 33.0 Å². The van der Waals surface area contributed by atoms with Gasteiger partial charge in [0, 0.05) is 23.2 Å². The minimum atomic E-state index is 0.0879. The van der Waals surface area contributed by atoms with Crippen LogP contribution in [0.5, 0.6) is 0 Å². The van der Waals surface area contributed by atoms with Crippen LogP contribution in [0, 0.1) is 33.0 Å². The second-order valence-corrected chi connectivity index (χ2v) is 14.3. The van der Waals surface area contributed by atoms with E-state index in [1.807, 2.05) is 0 Å². The van der Waals surface area contributed by atoms with E-state index >= 15 is 0 Å². The normalized spacial score (nSPS) is 42.1. The highest BCUT2D eigenvalue weighted by Crippen LogP contribution is 2.69. The third-order valence-corrected chi connectivity index (χ3v) is 13.6. The van der Waals surface area contributed by atoms with Crippen LogP contribution in [-0.2, 0) is 0 Å². The van der Waals surface area contributed by atoms with Crippen LogP contribution < -0.4 is 0 Å². The van der Waals surface area contributed by atoms with Crippen LogP contribution in [0.3, 0.4) is 0 Å². The van der Waals surface area contributed by atoms with E-state index in [4.69, 9.17) is 0 Å². The summed E-state index contributed by atoms with van der Waals surface area (Å²) in [6, 6.07) is 1.00. The second kappa shape index (κ2) is 6.72. The Labute approximate surface area is 190 Å². The van der Waals surface area contributed by atoms with Crippen LogP contribution >= 0.6 is 0 Å². The summed E-state index contributed by atoms with van der Waals surface area (Å²) in [7, 11) is 4.87. The van der Waals surface area contributed by atoms with Gasteiger partial charge in [0.15, 0.2) is 0 Å². The lowest BCUT2D eigenvalue weighted by Crippen LogP contribution is -2.84. The predicted octanol–water partition coefficient (Wildman–Crippen LogP) is 7.33. The molecule has 0 amide bonds. The molecule has 0 N–H and O–H groups in total. The molecular weight excluding hydrogens is 364 g/mol. The molecule has 0 saturated carbocycles. The third-order valence-electron chi connectivity index (χ3n) is 13.6. The standard InChI is InChI=1S/C28H56N2/c1-18-28(26(12,13)24(8,9)23(6,7)20(3)29(28)16)21-19(2)22(4,5)25(10,11)27(14,15)30(21)17/h19-21H,18H2,1-17H3. The molecule has 4 atom stereocenters. The summed E-state index contributed by atoms with van der Waals surface area (Å²) in [6.07, 6.45) is 1.17. The molecule has 178 valence electrons. The van der Waals surface area contributed by atoms with E-state index in [0.29, 0.717) is 18.0 Å². The highest BCUT2D eigenvalue weighted by atomic mass is 15.3. The topological polar surface area (TPSA) is 6.48 Å². The van der Waals surface area contributed by atoms with Crippen molar-refractivity contribution in [3.63, 3.8) is 0 Å². The van der Waals surface area contributed by atoms with Crippen LogP contribution in [0.1, 0.15) is 110 Å². The largest absolute Gasteiger partial charge is 0.296 e. The molecule has 2 aliphatic rings. The molecule has 4 unspecified atom stereocenters. The van der Waals surface area contributed by atoms with E-state index in [1.54, 1.807) is 0 Å². The van der Waals surface area contributed by atoms with Crippen LogP contribution in [0.15, 0.2) is 0 Å². The molecule has 0 spiro atoms. The van der Waals surface area contributed by atoms with Crippen LogP contribution in [0.2, 0.25) is 0 Å². The molecule has 2 aliphatic heterocycles. The van der Waals surface area contributed by atoms with Crippen molar-refractivity contribution in [3.8, 4) is 0 Å². The van der Waals surface area contributed by atoms with Gasteiger partial charge in [0.2, 0.25) is 0 Å². The first kappa shape index (κ1) is 26.2. The number of rotatable bonds is 2. The van der Waals surface area contributed by atoms with Crippen molar-refractivity contribution in [1.29, 1.82) is 0 Å². The molecule has 30 heavy (non-hydrogen) atoms. The van der Waals surface area contributed by atoms with E-state index in [0.717, 1.165) is 0 Å². The van der Waals surface area contributed by atoms with Gasteiger partial charge in [-0.1, -0.05) is 83.1 Å². The van der Waals surface area contributed by atoms with Gasteiger partial charge < -0.3 is 0 Å². The highest BCUT2D eigenvalue weighted by molar-refractivity contribution is 5.25. The summed E-state index contributed by atoms with van der Waals surface area (Å²) in [5.41, 5.74) is 1.19. The molecule has 2 heteroatoms. The Morgan fingerprint density at radius 1 is 0.600 bits per heavy atom. The maximum absolute atomic E-state index is 2.82. The minimum absolute atomic E-state index is 0.0879. The van der Waals surface area contributed by atoms with Gasteiger partial charge in [0.05, 0.1) is 0 Å². The van der Waals surface area contributed by atoms with Gasteiger partial charge in [0.25, 0.3) is 0 Å². The molecule has 0 aromatic rings. The van der Waals surface area contributed by atoms with E-state index in [1.165, 1.54) is 6.42 Å². The Kier molecular flexibility index (Phi) is 5.86. The molecule has 0 aliphatic carbocycles. The van der Waals surface area contributed by atoms with E-state index < -0.39 is 0 Å². The van der Waals surface area contributed by atoms with Crippen molar-refractivity contribution in [3.05, 3.63) is 0 Å². The van der Waals surface area contributed by atoms with Gasteiger partial charge in [-0.3, -0.25) is 9.80 Å². The van der Waals surface area contributed by atoms with Gasteiger partial charge in [-0.25, -0.2) is 0 Å². The number of piperidine rings is 2. The zero-order valence-electron chi connectivity index (χ0n) is 23.8. The number of likely N-dealkylation sites (tertiary alicyclic amines) is 2. The second-order valence-electron chi connectivity index (χ2n) is 14.3. The maximum atomic E-state index is 2.82. The molecule has 2 rings (SSSR count). The van der Waals surface area contributed by atoms with Gasteiger partial charge in [0.1, 0.15) is 0 Å². The fourth-order valence-electron chi connectivity index (χ4n) is 8.23. The quantitative estimate of drug-likeness (QED) is 0.461. The Morgan fingerprint density at radius 2 is 1.03 bits per heavy atom. The first-order chi connectivity index (χ1) is 13.1. The van der Waals surface area contributed by atoms with E-state index in [2.05, 4.69) is 128 Å². The molecule has 0 aromatic carbocycles. The summed E-state index contributed by atoms with van der Waals surface area (Å²) in [6.45, 7) is 37.8. The Hall–Kier alpha value is -0.0800. The summed E-state index contributed by atoms with van der Waals surface area (Å²) in [5.74, 6) is 0.580. The number of likely N-dealkylation sites (N-methyl/N-ethyl adjacent to an activating group) is 2. The van der Waals surface area contributed by atoms with Gasteiger partial charge >= 0.3 is 0 Å². The van der Waals surface area contributed by atoms with Gasteiger partial charge in [-0.05, 0) is 74.3 Å². The summed E-state index contributed by atoms with van der Waals surface area (Å²) in [4.78, 5) is 5.62. The maximum Gasteiger partial charge on any atom is 0.0421 e. The third kappa shape index (κ3) is 2.50. The van der Waals surface area contributed by atoms with E-state index in [-0.39, 0.29) is 38.2 Å². The highest BCUT2D eigenvalue weighted by Gasteiger charge is 2.72. The van der Waals surface area contributed by atoms with Crippen molar-refractivity contribution < 1.29 is 0 Å². The number of hydrogen-bond acceptors (Lipinski definition) is 2. The summed E-state index contributed by atoms with van der Waals surface area (Å²) >= 11 is 0. The van der Waals surface area contributed by atoms with Crippen molar-refractivity contribution in [2.45, 2.75) is 133 Å². The fourth-order valence-corrected chi connectivity index (χ4v) is 8.23. The average molecular weight is 421 g/mol. The molecule has 2 nitrogen and oxygen atoms in total. The predicted molar refractivity (Wildman–Crippen MR) is 134 cm³/mol. The first-order valence-corrected chi connectivity index (χ1v) is 12.5. The molecule has 2 saturated heterocycles. The molecule has 0 bridgehead atoms. The van der Waals surface area contributed by atoms with Crippen molar-refractivity contribution in [2.75, 3.05) is 14.1 Å². The molecule has 2 heterocycles. The molecule has 0 radical (unpaired) electrons. The van der Waals surface area contributed by atoms with Crippen LogP contribution in [0.25, 0.3) is 0 Å². The van der Waals surface area contributed by atoms with Gasteiger partial charge in [-0.2, -0.15) is 0 Å². The number of nitrogens with zero attached hydrogens (tertiary/aromatic N) is 2. The molecule has 2 fully saturated rings. The first-order valence-electron chi connectivity index (χ1n) is 12.5. The summed E-state index contributed by atoms with van der Waals surface area (Å²) < 4.78 is 0. The van der Waals surface area contributed by atoms with E-state index in [9.17, 15) is 0 Å². The Bertz CT molecular complexity index is 642.